The van der Waals surface area contributed by atoms with E-state index in [0.29, 0.717) is 24.7 Å². The molecule has 15 N–H and O–H groups in total. The van der Waals surface area contributed by atoms with Gasteiger partial charge in [0.1, 0.15) is 48.1 Å². The van der Waals surface area contributed by atoms with Crippen molar-refractivity contribution in [3.05, 3.63) is 29.8 Å². The van der Waals surface area contributed by atoms with Gasteiger partial charge in [0.15, 0.2) is 6.23 Å². The fourth-order valence-electron chi connectivity index (χ4n) is 9.96. The molecule has 0 radical (unpaired) electrons. The summed E-state index contributed by atoms with van der Waals surface area (Å²) >= 11 is 0. The summed E-state index contributed by atoms with van der Waals surface area (Å²) < 4.78 is 0. The van der Waals surface area contributed by atoms with E-state index >= 15 is 0 Å². The number of nitrogens with zero attached hydrogens (tertiary/aromatic N) is 2. The molecule has 422 valence electrons. The van der Waals surface area contributed by atoms with Crippen LogP contribution in [0.4, 0.5) is 0 Å². The van der Waals surface area contributed by atoms with Crippen LogP contribution in [0.5, 0.6) is 5.75 Å². The van der Waals surface area contributed by atoms with Crippen LogP contribution in [0, 0.1) is 17.8 Å². The van der Waals surface area contributed by atoms with Crippen molar-refractivity contribution in [3.8, 4) is 5.75 Å². The molecule has 3 aliphatic rings. The highest BCUT2D eigenvalue weighted by Gasteiger charge is 2.50. The monoisotopic (exact) mass is 1060 g/mol. The molecular formula is C51H82N8O16. The van der Waals surface area contributed by atoms with Gasteiger partial charge < -0.3 is 83.0 Å². The van der Waals surface area contributed by atoms with Crippen molar-refractivity contribution < 1.29 is 79.2 Å². The number of aliphatic hydroxyl groups is 7. The van der Waals surface area contributed by atoms with Crippen LogP contribution in [0.2, 0.25) is 0 Å². The first-order chi connectivity index (χ1) is 35.3. The predicted octanol–water partition coefficient (Wildman–Crippen LogP) is -2.07. The number of aromatic hydroxyl groups is 1. The number of unbranched alkanes of at least 4 members (excludes halogenated alkanes) is 5. The van der Waals surface area contributed by atoms with E-state index in [2.05, 4.69) is 47.4 Å². The number of carbonyl (C=O) groups is 8. The van der Waals surface area contributed by atoms with Crippen molar-refractivity contribution >= 4 is 47.3 Å². The highest BCUT2D eigenvalue weighted by atomic mass is 16.3. The van der Waals surface area contributed by atoms with E-state index in [9.17, 15) is 79.2 Å². The Hall–Kier alpha value is -5.50. The van der Waals surface area contributed by atoms with Crippen molar-refractivity contribution in [2.24, 2.45) is 23.5 Å². The van der Waals surface area contributed by atoms with Gasteiger partial charge in [-0.15, -0.1) is 0 Å². The SMILES string of the molecule is CC[C@H](C)C[C@H](C)CCCCCCCCC(=O)N[C@@H]1C[C@@H](O)[C@@H](O)NC(=O)[C@@H]2[C@@H](O)[C@@H](C)CN2C(=O)[C@H]([C@H](O)CC(N)=O)NC(=O)[C@H](C[C@@H](O)c2ccc(O)cc2)NC(=O)[C@@H]2C[C@@H](O)CN2C(=O)[C@H]([C@@H](C)O)NC1=O. The van der Waals surface area contributed by atoms with E-state index < -0.39 is 171 Å². The van der Waals surface area contributed by atoms with Gasteiger partial charge in [-0.1, -0.05) is 84.8 Å². The fourth-order valence-corrected chi connectivity index (χ4v) is 9.96. The average Bonchev–Trinajstić information content (AvgIpc) is 3.89. The Morgan fingerprint density at radius 2 is 1.36 bits per heavy atom. The number of hydrogen-bond acceptors (Lipinski definition) is 16. The Kier molecular flexibility index (Phi) is 24.1. The topological polar surface area (TPSA) is 391 Å². The summed E-state index contributed by atoms with van der Waals surface area (Å²) in [7, 11) is 0. The predicted molar refractivity (Wildman–Crippen MR) is 269 cm³/mol. The molecule has 3 heterocycles. The van der Waals surface area contributed by atoms with Gasteiger partial charge in [-0.25, -0.2) is 0 Å². The molecule has 1 aromatic carbocycles. The van der Waals surface area contributed by atoms with Gasteiger partial charge in [0.2, 0.25) is 47.3 Å². The second kappa shape index (κ2) is 29.1. The molecule has 3 saturated heterocycles. The average molecular weight is 1060 g/mol. The third-order valence-electron chi connectivity index (χ3n) is 14.6. The Balaban J connectivity index is 1.69. The first-order valence-corrected chi connectivity index (χ1v) is 26.3. The number of amides is 8. The van der Waals surface area contributed by atoms with Crippen molar-refractivity contribution in [2.45, 2.75) is 204 Å². The van der Waals surface area contributed by atoms with Gasteiger partial charge in [0.25, 0.3) is 0 Å². The van der Waals surface area contributed by atoms with E-state index in [0.717, 1.165) is 55.2 Å². The lowest BCUT2D eigenvalue weighted by Gasteiger charge is -2.33. The number of carbonyl (C=O) groups excluding carboxylic acids is 8. The van der Waals surface area contributed by atoms with Crippen molar-refractivity contribution in [1.29, 1.82) is 0 Å². The molecular weight excluding hydrogens is 981 g/mol. The fraction of sp³-hybridized carbons (Fsp3) is 0.725. The number of rotatable bonds is 20. The largest absolute Gasteiger partial charge is 0.508 e. The number of phenols is 1. The van der Waals surface area contributed by atoms with Gasteiger partial charge in [-0.05, 0) is 49.3 Å². The zero-order valence-corrected chi connectivity index (χ0v) is 43.7. The van der Waals surface area contributed by atoms with Crippen LogP contribution < -0.4 is 32.3 Å². The zero-order chi connectivity index (χ0) is 55.8. The molecule has 3 fully saturated rings. The Morgan fingerprint density at radius 1 is 0.747 bits per heavy atom. The zero-order valence-electron chi connectivity index (χ0n) is 43.7. The van der Waals surface area contributed by atoms with Gasteiger partial charge in [0.05, 0.1) is 36.9 Å². The van der Waals surface area contributed by atoms with Crippen molar-refractivity contribution in [3.63, 3.8) is 0 Å². The standard InChI is InChI=1S/C51H82N8O16/c1-6-26(2)19-27(3)13-11-9-7-8-10-12-14-40(67)53-33-22-38(65)48(72)57-49(73)43-44(68)28(4)24-59(43)51(75)42(37(64)23-39(52)66)56-46(70)34(21-36(63)30-15-17-31(61)18-16-30)54-47(71)35-20-32(62)25-58(35)50(74)41(29(5)60)55-45(33)69/h15-18,26-29,32-38,41-44,48,60-65,68,72H,6-14,19-25H2,1-5H3,(H2,52,66)(H,53,67)(H,54,71)(H,55,69)(H,56,70)(H,57,73)/t26-,27+,28-,29+,32+,33+,34-,35-,36+,37+,38+,41-,42-,43-,44-,48+/m0/s1. The molecule has 0 unspecified atom stereocenters. The summed E-state index contributed by atoms with van der Waals surface area (Å²) in [6.45, 7) is 8.37. The summed E-state index contributed by atoms with van der Waals surface area (Å²) in [6.07, 6.45) is -7.18. The second-order valence-electron chi connectivity index (χ2n) is 21.0. The maximum Gasteiger partial charge on any atom is 0.248 e. The molecule has 0 aliphatic carbocycles. The molecule has 75 heavy (non-hydrogen) atoms. The molecule has 16 atom stereocenters. The molecule has 3 aliphatic heterocycles. The van der Waals surface area contributed by atoms with Crippen LogP contribution in [0.25, 0.3) is 0 Å². The van der Waals surface area contributed by atoms with Gasteiger partial charge in [-0.3, -0.25) is 38.4 Å². The van der Waals surface area contributed by atoms with Crippen LogP contribution in [0.1, 0.15) is 136 Å². The minimum absolute atomic E-state index is 0.0621. The molecule has 0 spiro atoms. The molecule has 24 nitrogen and oxygen atoms in total. The molecule has 0 saturated carbocycles. The highest BCUT2D eigenvalue weighted by Crippen LogP contribution is 2.28. The van der Waals surface area contributed by atoms with Gasteiger partial charge in [0, 0.05) is 44.7 Å². The van der Waals surface area contributed by atoms with Crippen LogP contribution in [-0.4, -0.2) is 184 Å². The maximum absolute atomic E-state index is 14.5. The summed E-state index contributed by atoms with van der Waals surface area (Å²) in [4.78, 5) is 113. The smallest absolute Gasteiger partial charge is 0.248 e. The van der Waals surface area contributed by atoms with Gasteiger partial charge in [-0.2, -0.15) is 0 Å². The Labute approximate surface area is 437 Å². The van der Waals surface area contributed by atoms with Crippen LogP contribution in [0.3, 0.4) is 0 Å². The van der Waals surface area contributed by atoms with E-state index in [4.69, 9.17) is 5.73 Å². The molecule has 0 aromatic heterocycles. The van der Waals surface area contributed by atoms with E-state index in [1.54, 1.807) is 0 Å². The number of hydrogen-bond donors (Lipinski definition) is 14. The van der Waals surface area contributed by atoms with Crippen molar-refractivity contribution in [2.75, 3.05) is 13.1 Å². The first kappa shape index (κ1) is 62.0. The van der Waals surface area contributed by atoms with Crippen LogP contribution in [0.15, 0.2) is 24.3 Å². The number of aliphatic hydroxyl groups excluding tert-OH is 7. The lowest BCUT2D eigenvalue weighted by molar-refractivity contribution is -0.148. The van der Waals surface area contributed by atoms with E-state index in [1.807, 2.05) is 0 Å². The lowest BCUT2D eigenvalue weighted by Crippen LogP contribution is -2.62. The number of nitrogens with two attached hydrogens (primary N) is 1. The molecule has 1 aromatic rings. The second-order valence-corrected chi connectivity index (χ2v) is 21.0. The quantitative estimate of drug-likeness (QED) is 0.0624. The Morgan fingerprint density at radius 3 is 1.99 bits per heavy atom. The molecule has 4 rings (SSSR count). The molecule has 8 amide bonds. The summed E-state index contributed by atoms with van der Waals surface area (Å²) in [5.41, 5.74) is 5.50. The van der Waals surface area contributed by atoms with Gasteiger partial charge >= 0.3 is 0 Å². The minimum Gasteiger partial charge on any atom is -0.508 e. The summed E-state index contributed by atoms with van der Waals surface area (Å²) in [6, 6.07) is -6.05. The molecule has 0 bridgehead atoms. The third kappa shape index (κ3) is 18.1. The normalized spacial score (nSPS) is 29.6. The summed E-state index contributed by atoms with van der Waals surface area (Å²) in [5, 5.41) is 99.7. The third-order valence-corrected chi connectivity index (χ3v) is 14.6. The van der Waals surface area contributed by atoms with Crippen molar-refractivity contribution in [1.82, 2.24) is 36.4 Å². The number of phenolic OH excluding ortho intramolecular Hbond substituents is 1. The number of fused-ring (bicyclic) bond motifs is 2. The van der Waals surface area contributed by atoms with E-state index in [1.165, 1.54) is 37.6 Å². The summed E-state index contributed by atoms with van der Waals surface area (Å²) in [5.74, 6) is -8.67. The maximum atomic E-state index is 14.5. The lowest BCUT2D eigenvalue weighted by atomic mass is 9.91. The number of benzene rings is 1. The number of nitrogens with one attached hydrogen (secondary N) is 5. The van der Waals surface area contributed by atoms with E-state index in [-0.39, 0.29) is 17.7 Å². The Bertz CT molecular complexity index is 2100. The molecule has 24 heteroatoms. The van der Waals surface area contributed by atoms with Crippen LogP contribution >= 0.6 is 0 Å². The minimum atomic E-state index is -2.26. The van der Waals surface area contributed by atoms with Crippen LogP contribution in [-0.2, 0) is 38.4 Å². The first-order valence-electron chi connectivity index (χ1n) is 26.3. The number of primary amides is 1. The highest BCUT2D eigenvalue weighted by molar-refractivity contribution is 5.98.